The van der Waals surface area contributed by atoms with Gasteiger partial charge in [0.1, 0.15) is 6.61 Å². The van der Waals surface area contributed by atoms with E-state index in [1.807, 2.05) is 42.5 Å². The molecule has 0 amide bonds. The SMILES string of the molecule is Cc1ccc(-c2cc(Cl)c(OCc3ccccc3)c(Cl)c2)cc1. The Hall–Kier alpha value is -1.96. The molecule has 3 aromatic rings. The van der Waals surface area contributed by atoms with Crippen LogP contribution in [0.1, 0.15) is 11.1 Å². The highest BCUT2D eigenvalue weighted by atomic mass is 35.5. The normalized spacial score (nSPS) is 10.6. The quantitative estimate of drug-likeness (QED) is 0.522. The van der Waals surface area contributed by atoms with Crippen LogP contribution < -0.4 is 4.74 Å². The molecule has 3 rings (SSSR count). The minimum Gasteiger partial charge on any atom is -0.486 e. The Labute approximate surface area is 146 Å². The summed E-state index contributed by atoms with van der Waals surface area (Å²) in [5.41, 5.74) is 4.34. The van der Waals surface area contributed by atoms with Gasteiger partial charge in [0.25, 0.3) is 0 Å². The third kappa shape index (κ3) is 3.87. The van der Waals surface area contributed by atoms with Gasteiger partial charge >= 0.3 is 0 Å². The van der Waals surface area contributed by atoms with Crippen LogP contribution in [0.15, 0.2) is 66.7 Å². The zero-order valence-electron chi connectivity index (χ0n) is 12.7. The van der Waals surface area contributed by atoms with Crippen molar-refractivity contribution in [2.75, 3.05) is 0 Å². The number of aryl methyl sites for hydroxylation is 1. The average Bonchev–Trinajstić information content (AvgIpc) is 2.55. The van der Waals surface area contributed by atoms with Gasteiger partial charge in [-0.2, -0.15) is 0 Å². The third-order valence-corrected chi connectivity index (χ3v) is 4.17. The van der Waals surface area contributed by atoms with Crippen LogP contribution in [0.25, 0.3) is 11.1 Å². The van der Waals surface area contributed by atoms with E-state index in [2.05, 4.69) is 31.2 Å². The van der Waals surface area contributed by atoms with Crippen LogP contribution in [0, 0.1) is 6.92 Å². The molecule has 0 saturated carbocycles. The monoisotopic (exact) mass is 342 g/mol. The highest BCUT2D eigenvalue weighted by molar-refractivity contribution is 6.37. The minimum absolute atomic E-state index is 0.435. The van der Waals surface area contributed by atoms with Crippen molar-refractivity contribution < 1.29 is 4.74 Å². The van der Waals surface area contributed by atoms with Gasteiger partial charge in [-0.1, -0.05) is 83.4 Å². The molecular weight excluding hydrogens is 327 g/mol. The summed E-state index contributed by atoms with van der Waals surface area (Å²) >= 11 is 12.7. The number of ether oxygens (including phenoxy) is 1. The lowest BCUT2D eigenvalue weighted by Crippen LogP contribution is -1.96. The molecule has 0 saturated heterocycles. The average molecular weight is 343 g/mol. The third-order valence-electron chi connectivity index (χ3n) is 3.61. The second-order valence-electron chi connectivity index (χ2n) is 5.41. The smallest absolute Gasteiger partial charge is 0.157 e. The van der Waals surface area contributed by atoms with Crippen LogP contribution in [0.2, 0.25) is 10.0 Å². The van der Waals surface area contributed by atoms with Crippen molar-refractivity contribution in [3.05, 3.63) is 87.9 Å². The van der Waals surface area contributed by atoms with E-state index in [1.165, 1.54) is 5.56 Å². The van der Waals surface area contributed by atoms with Crippen molar-refractivity contribution in [1.29, 1.82) is 0 Å². The molecule has 0 radical (unpaired) electrons. The second kappa shape index (κ2) is 7.08. The first-order chi connectivity index (χ1) is 11.1. The second-order valence-corrected chi connectivity index (χ2v) is 6.22. The Kier molecular flexibility index (Phi) is 4.90. The van der Waals surface area contributed by atoms with Gasteiger partial charge in [-0.3, -0.25) is 0 Å². The molecule has 0 spiro atoms. The van der Waals surface area contributed by atoms with Gasteiger partial charge in [0.15, 0.2) is 5.75 Å². The maximum atomic E-state index is 6.37. The van der Waals surface area contributed by atoms with E-state index in [-0.39, 0.29) is 0 Å². The summed E-state index contributed by atoms with van der Waals surface area (Å²) in [5, 5.41) is 1.04. The van der Waals surface area contributed by atoms with Crippen LogP contribution in [-0.4, -0.2) is 0 Å². The van der Waals surface area contributed by atoms with Crippen molar-refractivity contribution in [2.24, 2.45) is 0 Å². The van der Waals surface area contributed by atoms with Gasteiger partial charge in [-0.25, -0.2) is 0 Å². The number of hydrogen-bond acceptors (Lipinski definition) is 1. The summed E-state index contributed by atoms with van der Waals surface area (Å²) in [6, 6.07) is 21.9. The molecule has 0 aromatic heterocycles. The molecule has 0 aliphatic rings. The fourth-order valence-electron chi connectivity index (χ4n) is 2.34. The van der Waals surface area contributed by atoms with E-state index in [1.54, 1.807) is 0 Å². The molecular formula is C20H16Cl2O. The topological polar surface area (TPSA) is 9.23 Å². The van der Waals surface area contributed by atoms with Crippen molar-refractivity contribution in [1.82, 2.24) is 0 Å². The molecule has 3 heteroatoms. The highest BCUT2D eigenvalue weighted by Gasteiger charge is 2.11. The first-order valence-electron chi connectivity index (χ1n) is 7.36. The molecule has 0 N–H and O–H groups in total. The van der Waals surface area contributed by atoms with Crippen molar-refractivity contribution in [3.63, 3.8) is 0 Å². The van der Waals surface area contributed by atoms with Gasteiger partial charge in [-0.05, 0) is 35.7 Å². The Morgan fingerprint density at radius 2 is 1.39 bits per heavy atom. The molecule has 0 fully saturated rings. The molecule has 23 heavy (non-hydrogen) atoms. The predicted molar refractivity (Wildman–Crippen MR) is 97.4 cm³/mol. The van der Waals surface area contributed by atoms with E-state index in [9.17, 15) is 0 Å². The van der Waals surface area contributed by atoms with Crippen LogP contribution in [0.3, 0.4) is 0 Å². The fraction of sp³-hybridized carbons (Fsp3) is 0.100. The summed E-state index contributed by atoms with van der Waals surface area (Å²) in [4.78, 5) is 0. The van der Waals surface area contributed by atoms with Gasteiger partial charge in [0.2, 0.25) is 0 Å². The van der Waals surface area contributed by atoms with Gasteiger partial charge in [0.05, 0.1) is 10.0 Å². The lowest BCUT2D eigenvalue weighted by atomic mass is 10.0. The molecule has 0 atom stereocenters. The van der Waals surface area contributed by atoms with Crippen molar-refractivity contribution >= 4 is 23.2 Å². The Morgan fingerprint density at radius 1 is 0.783 bits per heavy atom. The largest absolute Gasteiger partial charge is 0.486 e. The summed E-state index contributed by atoms with van der Waals surface area (Å²) < 4.78 is 5.80. The predicted octanol–water partition coefficient (Wildman–Crippen LogP) is 6.55. The fourth-order valence-corrected chi connectivity index (χ4v) is 2.94. The molecule has 0 bridgehead atoms. The first kappa shape index (κ1) is 15.9. The van der Waals surface area contributed by atoms with Crippen LogP contribution in [0.5, 0.6) is 5.75 Å². The number of rotatable bonds is 4. The molecule has 0 heterocycles. The van der Waals surface area contributed by atoms with Crippen LogP contribution in [0.4, 0.5) is 0 Å². The summed E-state index contributed by atoms with van der Waals surface area (Å²) in [5.74, 6) is 0.521. The lowest BCUT2D eigenvalue weighted by Gasteiger charge is -2.12. The van der Waals surface area contributed by atoms with Crippen molar-refractivity contribution in [2.45, 2.75) is 13.5 Å². The molecule has 0 aliphatic heterocycles. The summed E-state index contributed by atoms with van der Waals surface area (Å²) in [6.45, 7) is 2.49. The van der Waals surface area contributed by atoms with Crippen molar-refractivity contribution in [3.8, 4) is 16.9 Å². The maximum Gasteiger partial charge on any atom is 0.157 e. The van der Waals surface area contributed by atoms with E-state index < -0.39 is 0 Å². The molecule has 116 valence electrons. The van der Waals surface area contributed by atoms with Crippen LogP contribution >= 0.6 is 23.2 Å². The molecule has 1 nitrogen and oxygen atoms in total. The minimum atomic E-state index is 0.435. The highest BCUT2D eigenvalue weighted by Crippen LogP contribution is 2.38. The van der Waals surface area contributed by atoms with E-state index in [0.717, 1.165) is 16.7 Å². The number of hydrogen-bond donors (Lipinski definition) is 0. The summed E-state index contributed by atoms with van der Waals surface area (Å²) in [7, 11) is 0. The standard InChI is InChI=1S/C20H16Cl2O/c1-14-7-9-16(10-8-14)17-11-18(21)20(19(22)12-17)23-13-15-5-3-2-4-6-15/h2-12H,13H2,1H3. The Morgan fingerprint density at radius 3 is 2.00 bits per heavy atom. The van der Waals surface area contributed by atoms with Gasteiger partial charge in [0, 0.05) is 0 Å². The molecule has 3 aromatic carbocycles. The Balaban J connectivity index is 1.84. The van der Waals surface area contributed by atoms with E-state index >= 15 is 0 Å². The first-order valence-corrected chi connectivity index (χ1v) is 8.12. The zero-order chi connectivity index (χ0) is 16.2. The maximum absolute atomic E-state index is 6.37. The summed E-state index contributed by atoms with van der Waals surface area (Å²) in [6.07, 6.45) is 0. The Bertz CT molecular complexity index is 773. The van der Waals surface area contributed by atoms with Gasteiger partial charge in [-0.15, -0.1) is 0 Å². The van der Waals surface area contributed by atoms with Crippen LogP contribution in [-0.2, 0) is 6.61 Å². The number of halogens is 2. The number of benzene rings is 3. The molecule has 0 unspecified atom stereocenters. The van der Waals surface area contributed by atoms with Gasteiger partial charge < -0.3 is 4.74 Å². The zero-order valence-corrected chi connectivity index (χ0v) is 14.2. The van der Waals surface area contributed by atoms with E-state index in [0.29, 0.717) is 22.4 Å². The lowest BCUT2D eigenvalue weighted by molar-refractivity contribution is 0.306. The van der Waals surface area contributed by atoms with E-state index in [4.69, 9.17) is 27.9 Å². The molecule has 0 aliphatic carbocycles.